The SMILES string of the molecule is O=C(NC1CCC(C(F)(F)F)CC1)C1CCN(C(=O)c2cc(Br)n(C3CCCCO3)n2)CC1. The van der Waals surface area contributed by atoms with Crippen LogP contribution in [0.1, 0.15) is 74.5 Å². The molecule has 2 saturated heterocycles. The van der Waals surface area contributed by atoms with E-state index in [1.165, 1.54) is 0 Å². The largest absolute Gasteiger partial charge is 0.391 e. The van der Waals surface area contributed by atoms with Gasteiger partial charge < -0.3 is 15.0 Å². The lowest BCUT2D eigenvalue weighted by atomic mass is 9.85. The molecule has 3 heterocycles. The Labute approximate surface area is 199 Å². The van der Waals surface area contributed by atoms with Gasteiger partial charge in [-0.25, -0.2) is 4.68 Å². The van der Waals surface area contributed by atoms with Crippen molar-refractivity contribution in [2.45, 2.75) is 76.2 Å². The zero-order chi connectivity index (χ0) is 23.6. The number of alkyl halides is 3. The summed E-state index contributed by atoms with van der Waals surface area (Å²) in [4.78, 5) is 27.3. The Hall–Kier alpha value is -1.62. The fourth-order valence-corrected chi connectivity index (χ4v) is 5.51. The molecule has 1 aromatic heterocycles. The van der Waals surface area contributed by atoms with E-state index in [9.17, 15) is 22.8 Å². The first kappa shape index (κ1) is 24.5. The average Bonchev–Trinajstić information content (AvgIpc) is 3.20. The molecule has 2 amide bonds. The normalized spacial score (nSPS) is 27.4. The minimum atomic E-state index is -4.15. The van der Waals surface area contributed by atoms with Crippen molar-refractivity contribution >= 4 is 27.7 Å². The summed E-state index contributed by atoms with van der Waals surface area (Å²) < 4.78 is 46.7. The second kappa shape index (κ2) is 10.3. The van der Waals surface area contributed by atoms with E-state index in [4.69, 9.17) is 4.74 Å². The summed E-state index contributed by atoms with van der Waals surface area (Å²) in [6, 6.07) is 1.51. The van der Waals surface area contributed by atoms with Gasteiger partial charge in [-0.3, -0.25) is 9.59 Å². The van der Waals surface area contributed by atoms with Crippen LogP contribution in [-0.4, -0.2) is 58.4 Å². The van der Waals surface area contributed by atoms with Gasteiger partial charge in [-0.15, -0.1) is 0 Å². The molecule has 1 aliphatic carbocycles. The predicted molar refractivity (Wildman–Crippen MR) is 117 cm³/mol. The second-order valence-electron chi connectivity index (χ2n) is 9.28. The number of piperidine rings is 1. The molecule has 1 N–H and O–H groups in total. The molecule has 0 bridgehead atoms. The highest BCUT2D eigenvalue weighted by atomic mass is 79.9. The third-order valence-electron chi connectivity index (χ3n) is 7.03. The Balaban J connectivity index is 1.25. The lowest BCUT2D eigenvalue weighted by Gasteiger charge is -2.34. The zero-order valence-corrected chi connectivity index (χ0v) is 20.0. The topological polar surface area (TPSA) is 76.5 Å². The molecular formula is C22H30BrF3N4O3. The summed E-state index contributed by atoms with van der Waals surface area (Å²) in [5, 5.41) is 7.40. The maximum absolute atomic E-state index is 12.9. The first-order valence-corrected chi connectivity index (χ1v) is 12.5. The third kappa shape index (κ3) is 5.90. The summed E-state index contributed by atoms with van der Waals surface area (Å²) in [6.07, 6.45) is 0.519. The van der Waals surface area contributed by atoms with Gasteiger partial charge >= 0.3 is 6.18 Å². The van der Waals surface area contributed by atoms with E-state index in [1.807, 2.05) is 0 Å². The van der Waals surface area contributed by atoms with Crippen LogP contribution in [0.2, 0.25) is 0 Å². The van der Waals surface area contributed by atoms with Crippen molar-refractivity contribution in [1.82, 2.24) is 20.0 Å². The number of rotatable bonds is 4. The molecule has 1 aromatic rings. The molecular weight excluding hydrogens is 505 g/mol. The molecule has 3 fully saturated rings. The lowest BCUT2D eigenvalue weighted by Crippen LogP contribution is -2.46. The highest BCUT2D eigenvalue weighted by Crippen LogP contribution is 2.37. The van der Waals surface area contributed by atoms with Crippen molar-refractivity contribution in [3.8, 4) is 0 Å². The maximum Gasteiger partial charge on any atom is 0.391 e. The number of likely N-dealkylation sites (tertiary alicyclic amines) is 1. The van der Waals surface area contributed by atoms with Crippen molar-refractivity contribution in [2.24, 2.45) is 11.8 Å². The number of nitrogens with zero attached hydrogens (tertiary/aromatic N) is 3. The number of hydrogen-bond donors (Lipinski definition) is 1. The van der Waals surface area contributed by atoms with E-state index in [1.54, 1.807) is 15.6 Å². The van der Waals surface area contributed by atoms with Gasteiger partial charge in [0.15, 0.2) is 11.9 Å². The van der Waals surface area contributed by atoms with Gasteiger partial charge in [0, 0.05) is 37.7 Å². The van der Waals surface area contributed by atoms with Gasteiger partial charge in [0.2, 0.25) is 5.91 Å². The first-order valence-electron chi connectivity index (χ1n) is 11.8. The number of ether oxygens (including phenoxy) is 1. The molecule has 7 nitrogen and oxygen atoms in total. The Morgan fingerprint density at radius 2 is 1.76 bits per heavy atom. The standard InChI is InChI=1S/C22H30BrF3N4O3/c23-18-13-17(28-30(18)19-3-1-2-12-33-19)21(32)29-10-8-14(9-11-29)20(31)27-16-6-4-15(5-7-16)22(24,25)26/h13-16,19H,1-12H2,(H,27,31). The van der Waals surface area contributed by atoms with Crippen molar-refractivity contribution in [3.63, 3.8) is 0 Å². The average molecular weight is 535 g/mol. The van der Waals surface area contributed by atoms with Crippen molar-refractivity contribution < 1.29 is 27.5 Å². The number of carbonyl (C=O) groups excluding carboxylic acids is 2. The summed E-state index contributed by atoms with van der Waals surface area (Å²) in [5.74, 6) is -1.77. The van der Waals surface area contributed by atoms with Crippen molar-refractivity contribution in [3.05, 3.63) is 16.4 Å². The smallest absolute Gasteiger partial charge is 0.356 e. The fourth-order valence-electron chi connectivity index (χ4n) is 4.99. The summed E-state index contributed by atoms with van der Waals surface area (Å²) >= 11 is 3.47. The number of halogens is 4. The minimum Gasteiger partial charge on any atom is -0.356 e. The lowest BCUT2D eigenvalue weighted by molar-refractivity contribution is -0.182. The predicted octanol–water partition coefficient (Wildman–Crippen LogP) is 4.43. The molecule has 4 rings (SSSR count). The van der Waals surface area contributed by atoms with Crippen LogP contribution in [0.25, 0.3) is 0 Å². The van der Waals surface area contributed by atoms with Gasteiger partial charge in [0.25, 0.3) is 5.91 Å². The zero-order valence-electron chi connectivity index (χ0n) is 18.5. The quantitative estimate of drug-likeness (QED) is 0.619. The first-order chi connectivity index (χ1) is 15.7. The van der Waals surface area contributed by atoms with E-state index in [0.717, 1.165) is 19.3 Å². The summed E-state index contributed by atoms with van der Waals surface area (Å²) in [6.45, 7) is 1.57. The van der Waals surface area contributed by atoms with Gasteiger partial charge in [0.1, 0.15) is 4.60 Å². The molecule has 1 saturated carbocycles. The Morgan fingerprint density at radius 1 is 1.06 bits per heavy atom. The van der Waals surface area contributed by atoms with Crippen LogP contribution in [0.5, 0.6) is 0 Å². The third-order valence-corrected chi connectivity index (χ3v) is 7.62. The van der Waals surface area contributed by atoms with Gasteiger partial charge in [-0.1, -0.05) is 0 Å². The number of hydrogen-bond acceptors (Lipinski definition) is 4. The highest BCUT2D eigenvalue weighted by molar-refractivity contribution is 9.10. The molecule has 33 heavy (non-hydrogen) atoms. The minimum absolute atomic E-state index is 0.0650. The molecule has 0 radical (unpaired) electrons. The summed E-state index contributed by atoms with van der Waals surface area (Å²) in [5.41, 5.74) is 0.348. The highest BCUT2D eigenvalue weighted by Gasteiger charge is 2.42. The van der Waals surface area contributed by atoms with Crippen LogP contribution < -0.4 is 5.32 Å². The van der Waals surface area contributed by atoms with Gasteiger partial charge in [-0.05, 0) is 73.7 Å². The van der Waals surface area contributed by atoms with Crippen molar-refractivity contribution in [2.75, 3.05) is 19.7 Å². The van der Waals surface area contributed by atoms with E-state index in [2.05, 4.69) is 26.3 Å². The van der Waals surface area contributed by atoms with Crippen LogP contribution in [0, 0.1) is 11.8 Å². The van der Waals surface area contributed by atoms with Crippen LogP contribution in [-0.2, 0) is 9.53 Å². The Bertz CT molecular complexity index is 840. The van der Waals surface area contributed by atoms with Crippen LogP contribution >= 0.6 is 15.9 Å². The summed E-state index contributed by atoms with van der Waals surface area (Å²) in [7, 11) is 0. The monoisotopic (exact) mass is 534 g/mol. The second-order valence-corrected chi connectivity index (χ2v) is 10.1. The van der Waals surface area contributed by atoms with E-state index >= 15 is 0 Å². The fraction of sp³-hybridized carbons (Fsp3) is 0.773. The number of aromatic nitrogens is 2. The molecule has 2 aliphatic heterocycles. The number of amides is 2. The maximum atomic E-state index is 12.9. The molecule has 0 spiro atoms. The van der Waals surface area contributed by atoms with E-state index in [0.29, 0.717) is 55.7 Å². The molecule has 0 aromatic carbocycles. The van der Waals surface area contributed by atoms with Gasteiger partial charge in [-0.2, -0.15) is 18.3 Å². The molecule has 184 valence electrons. The Morgan fingerprint density at radius 3 is 2.36 bits per heavy atom. The number of carbonyl (C=O) groups is 2. The van der Waals surface area contributed by atoms with Crippen LogP contribution in [0.4, 0.5) is 13.2 Å². The molecule has 3 aliphatic rings. The number of nitrogens with one attached hydrogen (secondary N) is 1. The molecule has 11 heteroatoms. The van der Waals surface area contributed by atoms with E-state index in [-0.39, 0.29) is 42.8 Å². The Kier molecular flexibility index (Phi) is 7.67. The molecule has 1 atom stereocenters. The van der Waals surface area contributed by atoms with E-state index < -0.39 is 12.1 Å². The van der Waals surface area contributed by atoms with Gasteiger partial charge in [0.05, 0.1) is 5.92 Å². The molecule has 1 unspecified atom stereocenters. The van der Waals surface area contributed by atoms with Crippen LogP contribution in [0.3, 0.4) is 0 Å². The van der Waals surface area contributed by atoms with Crippen LogP contribution in [0.15, 0.2) is 10.7 Å². The van der Waals surface area contributed by atoms with Crippen molar-refractivity contribution in [1.29, 1.82) is 0 Å².